The van der Waals surface area contributed by atoms with Crippen LogP contribution in [0.4, 0.5) is 5.69 Å². The zero-order valence-electron chi connectivity index (χ0n) is 12.8. The van der Waals surface area contributed by atoms with E-state index < -0.39 is 5.60 Å². The second-order valence-electron chi connectivity index (χ2n) is 6.43. The van der Waals surface area contributed by atoms with Gasteiger partial charge in [-0.2, -0.15) is 0 Å². The first-order valence-electron chi connectivity index (χ1n) is 8.21. The Kier molecular flexibility index (Phi) is 4.78. The Balaban J connectivity index is 1.51. The molecule has 0 aromatic heterocycles. The van der Waals surface area contributed by atoms with Crippen LogP contribution in [0.1, 0.15) is 19.3 Å². The number of rotatable bonds is 3. The molecule has 1 atom stereocenters. The third kappa shape index (κ3) is 3.96. The maximum absolute atomic E-state index is 10.8. The van der Waals surface area contributed by atoms with Gasteiger partial charge < -0.3 is 15.3 Å². The lowest BCUT2D eigenvalue weighted by Crippen LogP contribution is -2.52. The zero-order chi connectivity index (χ0) is 14.5. The van der Waals surface area contributed by atoms with Crippen LogP contribution in [0, 0.1) is 0 Å². The lowest BCUT2D eigenvalue weighted by molar-refractivity contribution is -0.00789. The summed E-state index contributed by atoms with van der Waals surface area (Å²) in [6.45, 7) is 7.02. The molecule has 2 saturated heterocycles. The summed E-state index contributed by atoms with van der Waals surface area (Å²) in [4.78, 5) is 4.87. The fraction of sp³-hybridized carbons (Fsp3) is 0.647. The van der Waals surface area contributed by atoms with Crippen molar-refractivity contribution in [2.24, 2.45) is 0 Å². The molecular weight excluding hydrogens is 262 g/mol. The minimum Gasteiger partial charge on any atom is -0.389 e. The number of hydrogen-bond acceptors (Lipinski definition) is 4. The van der Waals surface area contributed by atoms with Gasteiger partial charge in [0, 0.05) is 38.4 Å². The molecule has 2 aliphatic rings. The highest BCUT2D eigenvalue weighted by molar-refractivity contribution is 5.46. The molecule has 4 nitrogen and oxygen atoms in total. The van der Waals surface area contributed by atoms with Crippen LogP contribution in [0.2, 0.25) is 0 Å². The van der Waals surface area contributed by atoms with Gasteiger partial charge in [0.25, 0.3) is 0 Å². The predicted molar refractivity (Wildman–Crippen MR) is 86.8 cm³/mol. The minimum atomic E-state index is -0.488. The molecular formula is C17H27N3O. The number of anilines is 1. The van der Waals surface area contributed by atoms with Crippen LogP contribution < -0.4 is 10.2 Å². The van der Waals surface area contributed by atoms with Crippen LogP contribution in [0.3, 0.4) is 0 Å². The summed E-state index contributed by atoms with van der Waals surface area (Å²) < 4.78 is 0. The maximum Gasteiger partial charge on any atom is 0.0786 e. The lowest BCUT2D eigenvalue weighted by Gasteiger charge is -2.40. The Morgan fingerprint density at radius 2 is 1.76 bits per heavy atom. The summed E-state index contributed by atoms with van der Waals surface area (Å²) >= 11 is 0. The van der Waals surface area contributed by atoms with Crippen LogP contribution in [0.25, 0.3) is 0 Å². The monoisotopic (exact) mass is 289 g/mol. The van der Waals surface area contributed by atoms with Gasteiger partial charge in [0.15, 0.2) is 0 Å². The largest absolute Gasteiger partial charge is 0.389 e. The number of para-hydroxylation sites is 1. The van der Waals surface area contributed by atoms with Gasteiger partial charge in [-0.05, 0) is 44.5 Å². The Morgan fingerprint density at radius 1 is 1.00 bits per heavy atom. The highest BCUT2D eigenvalue weighted by Crippen LogP contribution is 2.22. The van der Waals surface area contributed by atoms with Crippen molar-refractivity contribution < 1.29 is 5.11 Å². The molecule has 21 heavy (non-hydrogen) atoms. The standard InChI is InChI=1S/C17H27N3O/c21-17(7-4-9-18-10-8-17)15-19-11-13-20(14-12-19)16-5-2-1-3-6-16/h1-3,5-6,18,21H,4,7-15H2. The van der Waals surface area contributed by atoms with Crippen LogP contribution in [-0.4, -0.2) is 61.4 Å². The molecule has 0 amide bonds. The van der Waals surface area contributed by atoms with Gasteiger partial charge in [-0.15, -0.1) is 0 Å². The van der Waals surface area contributed by atoms with Crippen molar-refractivity contribution in [2.75, 3.05) is 50.7 Å². The number of benzene rings is 1. The summed E-state index contributed by atoms with van der Waals surface area (Å²) in [7, 11) is 0. The average Bonchev–Trinajstić information content (AvgIpc) is 2.74. The van der Waals surface area contributed by atoms with E-state index in [0.29, 0.717) is 0 Å². The molecule has 0 radical (unpaired) electrons. The Bertz CT molecular complexity index is 421. The van der Waals surface area contributed by atoms with Crippen molar-refractivity contribution in [3.05, 3.63) is 30.3 Å². The Labute approximate surface area is 127 Å². The molecule has 2 fully saturated rings. The molecule has 3 rings (SSSR count). The van der Waals surface area contributed by atoms with Crippen molar-refractivity contribution >= 4 is 5.69 Å². The van der Waals surface area contributed by atoms with Gasteiger partial charge in [-0.25, -0.2) is 0 Å². The summed E-state index contributed by atoms with van der Waals surface area (Å²) in [5.74, 6) is 0. The number of nitrogens with one attached hydrogen (secondary N) is 1. The first kappa shape index (κ1) is 14.8. The molecule has 2 N–H and O–H groups in total. The fourth-order valence-corrected chi connectivity index (χ4v) is 3.49. The molecule has 116 valence electrons. The molecule has 1 unspecified atom stereocenters. The molecule has 1 aromatic carbocycles. The van der Waals surface area contributed by atoms with E-state index in [0.717, 1.165) is 65.1 Å². The van der Waals surface area contributed by atoms with Crippen LogP contribution in [-0.2, 0) is 0 Å². The van der Waals surface area contributed by atoms with Crippen LogP contribution >= 0.6 is 0 Å². The normalized spacial score (nSPS) is 28.3. The minimum absolute atomic E-state index is 0.488. The molecule has 0 spiro atoms. The second-order valence-corrected chi connectivity index (χ2v) is 6.43. The van der Waals surface area contributed by atoms with Crippen molar-refractivity contribution in [3.63, 3.8) is 0 Å². The van der Waals surface area contributed by atoms with Crippen molar-refractivity contribution in [2.45, 2.75) is 24.9 Å². The second kappa shape index (κ2) is 6.77. The zero-order valence-corrected chi connectivity index (χ0v) is 12.8. The quantitative estimate of drug-likeness (QED) is 0.880. The number of β-amino-alcohol motifs (C(OH)–C–C–N with tert-alkyl or cyclic N) is 1. The number of piperazine rings is 1. The third-order valence-electron chi connectivity index (χ3n) is 4.77. The Morgan fingerprint density at radius 3 is 2.52 bits per heavy atom. The van der Waals surface area contributed by atoms with Gasteiger partial charge >= 0.3 is 0 Å². The topological polar surface area (TPSA) is 38.7 Å². The first-order chi connectivity index (χ1) is 10.3. The van der Waals surface area contributed by atoms with E-state index in [2.05, 4.69) is 45.4 Å². The summed E-state index contributed by atoms with van der Waals surface area (Å²) in [6.07, 6.45) is 2.89. The summed E-state index contributed by atoms with van der Waals surface area (Å²) in [6, 6.07) is 10.6. The fourth-order valence-electron chi connectivity index (χ4n) is 3.49. The summed E-state index contributed by atoms with van der Waals surface area (Å²) in [5.41, 5.74) is 0.827. The molecule has 4 heteroatoms. The molecule has 2 aliphatic heterocycles. The van der Waals surface area contributed by atoms with Gasteiger partial charge in [-0.1, -0.05) is 18.2 Å². The van der Waals surface area contributed by atoms with E-state index in [1.54, 1.807) is 0 Å². The van der Waals surface area contributed by atoms with Crippen molar-refractivity contribution in [1.82, 2.24) is 10.2 Å². The van der Waals surface area contributed by atoms with Crippen LogP contribution in [0.15, 0.2) is 30.3 Å². The SMILES string of the molecule is OC1(CN2CCN(c3ccccc3)CC2)CCCNCC1. The smallest absolute Gasteiger partial charge is 0.0786 e. The first-order valence-corrected chi connectivity index (χ1v) is 8.21. The third-order valence-corrected chi connectivity index (χ3v) is 4.77. The summed E-state index contributed by atoms with van der Waals surface area (Å²) in [5, 5.41) is 14.2. The molecule has 1 aromatic rings. The average molecular weight is 289 g/mol. The number of nitrogens with zero attached hydrogens (tertiary/aromatic N) is 2. The number of aliphatic hydroxyl groups is 1. The molecule has 0 aliphatic carbocycles. The van der Waals surface area contributed by atoms with E-state index in [4.69, 9.17) is 0 Å². The van der Waals surface area contributed by atoms with E-state index in [-0.39, 0.29) is 0 Å². The lowest BCUT2D eigenvalue weighted by atomic mass is 9.94. The molecule has 0 saturated carbocycles. The molecule has 0 bridgehead atoms. The van der Waals surface area contributed by atoms with Gasteiger partial charge in [0.05, 0.1) is 5.60 Å². The van der Waals surface area contributed by atoms with E-state index in [1.165, 1.54) is 5.69 Å². The van der Waals surface area contributed by atoms with Gasteiger partial charge in [0.2, 0.25) is 0 Å². The predicted octanol–water partition coefficient (Wildman–Crippen LogP) is 1.31. The highest BCUT2D eigenvalue weighted by Gasteiger charge is 2.31. The van der Waals surface area contributed by atoms with Crippen LogP contribution in [0.5, 0.6) is 0 Å². The maximum atomic E-state index is 10.8. The van der Waals surface area contributed by atoms with Gasteiger partial charge in [0.1, 0.15) is 0 Å². The van der Waals surface area contributed by atoms with E-state index in [9.17, 15) is 5.11 Å². The Hall–Kier alpha value is -1.10. The molecule has 2 heterocycles. The van der Waals surface area contributed by atoms with Crippen molar-refractivity contribution in [3.8, 4) is 0 Å². The van der Waals surface area contributed by atoms with E-state index in [1.807, 2.05) is 0 Å². The van der Waals surface area contributed by atoms with E-state index >= 15 is 0 Å². The highest BCUT2D eigenvalue weighted by atomic mass is 16.3. The van der Waals surface area contributed by atoms with Gasteiger partial charge in [-0.3, -0.25) is 4.90 Å². The van der Waals surface area contributed by atoms with Crippen molar-refractivity contribution in [1.29, 1.82) is 0 Å². The number of hydrogen-bond donors (Lipinski definition) is 2.